The number of rotatable bonds is 4. The second kappa shape index (κ2) is 7.87. The molecular weight excluding hydrogens is 446 g/mol. The molecule has 0 saturated carbocycles. The monoisotopic (exact) mass is 465 g/mol. The van der Waals surface area contributed by atoms with Crippen molar-refractivity contribution in [3.8, 4) is 0 Å². The van der Waals surface area contributed by atoms with Crippen molar-refractivity contribution in [1.29, 1.82) is 0 Å². The maximum absolute atomic E-state index is 13.4. The van der Waals surface area contributed by atoms with Crippen molar-refractivity contribution in [1.82, 2.24) is 19.6 Å². The van der Waals surface area contributed by atoms with E-state index in [1.54, 1.807) is 19.9 Å². The Labute approximate surface area is 181 Å². The molecule has 30 heavy (non-hydrogen) atoms. The van der Waals surface area contributed by atoms with Crippen LogP contribution in [0.2, 0.25) is 0 Å². The van der Waals surface area contributed by atoms with Gasteiger partial charge < -0.3 is 0 Å². The highest BCUT2D eigenvalue weighted by molar-refractivity contribution is 9.10. The highest BCUT2D eigenvalue weighted by Crippen LogP contribution is 2.19. The van der Waals surface area contributed by atoms with Gasteiger partial charge >= 0.3 is 0 Å². The molecule has 0 unspecified atom stereocenters. The molecule has 2 aromatic carbocycles. The van der Waals surface area contributed by atoms with Gasteiger partial charge in [-0.15, -0.1) is 0 Å². The molecule has 1 N–H and O–H groups in total. The lowest BCUT2D eigenvalue weighted by Gasteiger charge is -2.20. The molecule has 0 aliphatic carbocycles. The van der Waals surface area contributed by atoms with E-state index in [1.807, 2.05) is 49.4 Å². The van der Waals surface area contributed by atoms with Gasteiger partial charge in [0.05, 0.1) is 6.54 Å². The number of hydrogen-bond acceptors (Lipinski definition) is 4. The summed E-state index contributed by atoms with van der Waals surface area (Å²) >= 11 is 3.43. The van der Waals surface area contributed by atoms with Crippen LogP contribution in [0.4, 0.5) is 5.95 Å². The molecule has 0 aliphatic rings. The zero-order chi connectivity index (χ0) is 21.4. The Bertz CT molecular complexity index is 1310. The number of benzene rings is 2. The number of aromatic amines is 1. The Morgan fingerprint density at radius 3 is 2.53 bits per heavy atom. The third-order valence-electron chi connectivity index (χ3n) is 4.97. The van der Waals surface area contributed by atoms with Gasteiger partial charge in [-0.2, -0.15) is 9.50 Å². The van der Waals surface area contributed by atoms with Crippen molar-refractivity contribution in [3.63, 3.8) is 0 Å². The highest BCUT2D eigenvalue weighted by atomic mass is 79.9. The fourth-order valence-electron chi connectivity index (χ4n) is 3.16. The highest BCUT2D eigenvalue weighted by Gasteiger charge is 2.23. The van der Waals surface area contributed by atoms with Gasteiger partial charge in [-0.3, -0.25) is 19.6 Å². The van der Waals surface area contributed by atoms with E-state index < -0.39 is 0 Å². The number of nitrogens with one attached hydrogen (secondary N) is 1. The smallest absolute Gasteiger partial charge is 0.272 e. The summed E-state index contributed by atoms with van der Waals surface area (Å²) in [5.41, 5.74) is 3.36. The summed E-state index contributed by atoms with van der Waals surface area (Å²) in [5.74, 6) is 0.275. The van der Waals surface area contributed by atoms with E-state index in [-0.39, 0.29) is 29.7 Å². The summed E-state index contributed by atoms with van der Waals surface area (Å²) in [6.45, 7) is 5.70. The molecule has 4 aromatic rings. The van der Waals surface area contributed by atoms with E-state index >= 15 is 0 Å². The largest absolute Gasteiger partial charge is 0.277 e. The summed E-state index contributed by atoms with van der Waals surface area (Å²) < 4.78 is 2.23. The summed E-state index contributed by atoms with van der Waals surface area (Å²) in [4.78, 5) is 36.4. The Kier molecular flexibility index (Phi) is 5.26. The lowest BCUT2D eigenvalue weighted by atomic mass is 10.1. The predicted molar refractivity (Wildman–Crippen MR) is 119 cm³/mol. The van der Waals surface area contributed by atoms with Crippen molar-refractivity contribution in [2.45, 2.75) is 27.3 Å². The van der Waals surface area contributed by atoms with E-state index in [1.165, 1.54) is 9.42 Å². The second-order valence-corrected chi connectivity index (χ2v) is 8.11. The average molecular weight is 466 g/mol. The molecule has 2 heterocycles. The van der Waals surface area contributed by atoms with E-state index in [4.69, 9.17) is 0 Å². The molecule has 0 aliphatic heterocycles. The first-order valence-electron chi connectivity index (χ1n) is 9.42. The summed E-state index contributed by atoms with van der Waals surface area (Å²) in [5, 5.41) is 2.96. The number of fused-ring (bicyclic) bond motifs is 1. The number of H-pyrrole nitrogens is 1. The van der Waals surface area contributed by atoms with Crippen molar-refractivity contribution in [2.24, 2.45) is 0 Å². The van der Waals surface area contributed by atoms with E-state index in [2.05, 4.69) is 31.0 Å². The van der Waals surface area contributed by atoms with Gasteiger partial charge in [-0.05, 0) is 50.6 Å². The number of aryl methyl sites for hydroxylation is 2. The Balaban J connectivity index is 1.83. The SMILES string of the molecule is Cc1cccc(C(=O)N(Cc2ccc(Br)cc2)c2nc3nc(C)c(C)c(=O)n3[nH]2)c1. The lowest BCUT2D eigenvalue weighted by Crippen LogP contribution is -2.31. The fraction of sp³-hybridized carbons (Fsp3) is 0.182. The van der Waals surface area contributed by atoms with Crippen LogP contribution in [0.5, 0.6) is 0 Å². The van der Waals surface area contributed by atoms with Crippen LogP contribution in [0.1, 0.15) is 32.7 Å². The summed E-state index contributed by atoms with van der Waals surface area (Å²) in [7, 11) is 0. The Hall–Kier alpha value is -3.26. The van der Waals surface area contributed by atoms with Crippen LogP contribution < -0.4 is 10.5 Å². The third-order valence-corrected chi connectivity index (χ3v) is 5.50. The normalized spacial score (nSPS) is 11.1. The molecule has 0 bridgehead atoms. The molecule has 2 aromatic heterocycles. The molecule has 0 saturated heterocycles. The number of amides is 1. The average Bonchev–Trinajstić information content (AvgIpc) is 3.15. The van der Waals surface area contributed by atoms with Gasteiger partial charge in [0.25, 0.3) is 17.2 Å². The van der Waals surface area contributed by atoms with E-state index in [0.29, 0.717) is 16.8 Å². The van der Waals surface area contributed by atoms with Crippen LogP contribution in [-0.2, 0) is 6.54 Å². The molecule has 4 rings (SSSR count). The number of nitrogens with zero attached hydrogens (tertiary/aromatic N) is 4. The topological polar surface area (TPSA) is 83.4 Å². The standard InChI is InChI=1S/C22H20BrN5O2/c1-13-5-4-6-17(11-13)20(30)27(12-16-7-9-18(23)10-8-16)22-25-21-24-15(3)14(2)19(29)28(21)26-22/h4-11H,12H2,1-3H3,(H,24,25,26). The zero-order valence-corrected chi connectivity index (χ0v) is 18.4. The van der Waals surface area contributed by atoms with Crippen LogP contribution in [0.15, 0.2) is 57.8 Å². The number of aromatic nitrogens is 4. The Morgan fingerprint density at radius 2 is 1.83 bits per heavy atom. The van der Waals surface area contributed by atoms with Crippen LogP contribution in [-0.4, -0.2) is 25.5 Å². The first-order chi connectivity index (χ1) is 14.3. The molecule has 7 nitrogen and oxygen atoms in total. The van der Waals surface area contributed by atoms with Crippen LogP contribution in [0.25, 0.3) is 5.78 Å². The van der Waals surface area contributed by atoms with E-state index in [0.717, 1.165) is 15.6 Å². The van der Waals surface area contributed by atoms with Crippen molar-refractivity contribution < 1.29 is 4.79 Å². The zero-order valence-electron chi connectivity index (χ0n) is 16.8. The molecule has 8 heteroatoms. The van der Waals surface area contributed by atoms with Gasteiger partial charge in [0, 0.05) is 21.3 Å². The molecule has 0 fully saturated rings. The third kappa shape index (κ3) is 3.78. The minimum Gasteiger partial charge on any atom is -0.272 e. The van der Waals surface area contributed by atoms with Gasteiger partial charge in [-0.25, -0.2) is 4.98 Å². The Morgan fingerprint density at radius 1 is 1.10 bits per heavy atom. The first-order valence-corrected chi connectivity index (χ1v) is 10.2. The van der Waals surface area contributed by atoms with Gasteiger partial charge in [0.15, 0.2) is 0 Å². The molecule has 0 atom stereocenters. The predicted octanol–water partition coefficient (Wildman–Crippen LogP) is 3.95. The van der Waals surface area contributed by atoms with Crippen molar-refractivity contribution >= 4 is 33.6 Å². The lowest BCUT2D eigenvalue weighted by molar-refractivity contribution is 0.0983. The minimum absolute atomic E-state index is 0.220. The van der Waals surface area contributed by atoms with Gasteiger partial charge in [0.1, 0.15) is 0 Å². The number of halogens is 1. The maximum atomic E-state index is 13.4. The van der Waals surface area contributed by atoms with Crippen LogP contribution in [0.3, 0.4) is 0 Å². The number of anilines is 1. The maximum Gasteiger partial charge on any atom is 0.277 e. The molecule has 0 spiro atoms. The number of carbonyl (C=O) groups is 1. The fourth-order valence-corrected chi connectivity index (χ4v) is 3.43. The van der Waals surface area contributed by atoms with Crippen molar-refractivity contribution in [3.05, 3.63) is 91.3 Å². The minimum atomic E-state index is -0.233. The summed E-state index contributed by atoms with van der Waals surface area (Å²) in [6.07, 6.45) is 0. The summed E-state index contributed by atoms with van der Waals surface area (Å²) in [6, 6.07) is 15.1. The molecule has 0 radical (unpaired) electrons. The molecular formula is C22H20BrN5O2. The van der Waals surface area contributed by atoms with Crippen LogP contribution >= 0.6 is 15.9 Å². The molecule has 152 valence electrons. The number of hydrogen-bond donors (Lipinski definition) is 1. The van der Waals surface area contributed by atoms with Crippen LogP contribution in [0, 0.1) is 20.8 Å². The quantitative estimate of drug-likeness (QED) is 0.494. The van der Waals surface area contributed by atoms with E-state index in [9.17, 15) is 9.59 Å². The first kappa shape index (κ1) is 20.0. The second-order valence-electron chi connectivity index (χ2n) is 7.20. The number of carbonyl (C=O) groups excluding carboxylic acids is 1. The van der Waals surface area contributed by atoms with Gasteiger partial charge in [-0.1, -0.05) is 45.8 Å². The molecule has 1 amide bonds. The van der Waals surface area contributed by atoms with Crippen molar-refractivity contribution in [2.75, 3.05) is 4.90 Å². The van der Waals surface area contributed by atoms with Gasteiger partial charge in [0.2, 0.25) is 5.95 Å².